The SMILES string of the molecule is Oc1ccc2ccccc2c1C=NCCCNC1CCCCC1. The van der Waals surface area contributed by atoms with Crippen LogP contribution < -0.4 is 5.32 Å². The summed E-state index contributed by atoms with van der Waals surface area (Å²) in [7, 11) is 0. The van der Waals surface area contributed by atoms with Crippen molar-refractivity contribution < 1.29 is 5.11 Å². The van der Waals surface area contributed by atoms with Crippen molar-refractivity contribution in [2.75, 3.05) is 13.1 Å². The van der Waals surface area contributed by atoms with Gasteiger partial charge in [0.15, 0.2) is 0 Å². The number of fused-ring (bicyclic) bond motifs is 1. The van der Waals surface area contributed by atoms with Gasteiger partial charge in [0.1, 0.15) is 5.75 Å². The molecule has 0 atom stereocenters. The van der Waals surface area contributed by atoms with Gasteiger partial charge >= 0.3 is 0 Å². The monoisotopic (exact) mass is 310 g/mol. The predicted molar refractivity (Wildman–Crippen MR) is 97.6 cm³/mol. The zero-order valence-electron chi connectivity index (χ0n) is 13.7. The van der Waals surface area contributed by atoms with Gasteiger partial charge in [0.2, 0.25) is 0 Å². The molecule has 0 saturated heterocycles. The number of aliphatic imine (C=N–C) groups is 1. The number of phenols is 1. The Morgan fingerprint density at radius 2 is 1.91 bits per heavy atom. The molecule has 0 amide bonds. The smallest absolute Gasteiger partial charge is 0.124 e. The molecule has 122 valence electrons. The molecular weight excluding hydrogens is 284 g/mol. The Morgan fingerprint density at radius 3 is 2.78 bits per heavy atom. The number of nitrogens with zero attached hydrogens (tertiary/aromatic N) is 1. The van der Waals surface area contributed by atoms with Crippen LogP contribution in [-0.2, 0) is 0 Å². The largest absolute Gasteiger partial charge is 0.507 e. The lowest BCUT2D eigenvalue weighted by Crippen LogP contribution is -2.31. The van der Waals surface area contributed by atoms with Gasteiger partial charge in [-0.25, -0.2) is 0 Å². The van der Waals surface area contributed by atoms with Crippen LogP contribution >= 0.6 is 0 Å². The summed E-state index contributed by atoms with van der Waals surface area (Å²) < 4.78 is 0. The molecule has 1 aliphatic rings. The number of hydrogen-bond acceptors (Lipinski definition) is 3. The maximum Gasteiger partial charge on any atom is 0.124 e. The summed E-state index contributed by atoms with van der Waals surface area (Å²) in [5, 5.41) is 15.9. The molecule has 1 aliphatic carbocycles. The summed E-state index contributed by atoms with van der Waals surface area (Å²) in [6.07, 6.45) is 9.65. The molecule has 0 heterocycles. The van der Waals surface area contributed by atoms with Crippen molar-refractivity contribution in [1.82, 2.24) is 5.32 Å². The third-order valence-corrected chi connectivity index (χ3v) is 4.67. The minimum absolute atomic E-state index is 0.299. The van der Waals surface area contributed by atoms with Crippen molar-refractivity contribution in [1.29, 1.82) is 0 Å². The minimum Gasteiger partial charge on any atom is -0.507 e. The predicted octanol–water partition coefficient (Wildman–Crippen LogP) is 4.28. The van der Waals surface area contributed by atoms with Crippen molar-refractivity contribution in [3.05, 3.63) is 42.0 Å². The molecule has 1 saturated carbocycles. The second-order valence-corrected chi connectivity index (χ2v) is 6.40. The van der Waals surface area contributed by atoms with E-state index in [1.165, 1.54) is 32.1 Å². The van der Waals surface area contributed by atoms with Crippen LogP contribution in [0.3, 0.4) is 0 Å². The number of nitrogens with one attached hydrogen (secondary N) is 1. The summed E-state index contributed by atoms with van der Waals surface area (Å²) in [6, 6.07) is 12.5. The van der Waals surface area contributed by atoms with E-state index in [2.05, 4.69) is 16.4 Å². The number of benzene rings is 2. The number of hydrogen-bond donors (Lipinski definition) is 2. The Labute approximate surface area is 138 Å². The second-order valence-electron chi connectivity index (χ2n) is 6.40. The van der Waals surface area contributed by atoms with Crippen LogP contribution in [0.25, 0.3) is 10.8 Å². The van der Waals surface area contributed by atoms with Gasteiger partial charge in [-0.2, -0.15) is 0 Å². The molecule has 3 nitrogen and oxygen atoms in total. The summed E-state index contributed by atoms with van der Waals surface area (Å²) >= 11 is 0. The molecule has 1 fully saturated rings. The third-order valence-electron chi connectivity index (χ3n) is 4.67. The zero-order chi connectivity index (χ0) is 15.9. The van der Waals surface area contributed by atoms with Gasteiger partial charge in [-0.05, 0) is 42.6 Å². The fraction of sp³-hybridized carbons (Fsp3) is 0.450. The Balaban J connectivity index is 1.51. The van der Waals surface area contributed by atoms with Gasteiger partial charge in [0, 0.05) is 24.4 Å². The first-order valence-electron chi connectivity index (χ1n) is 8.78. The first-order valence-corrected chi connectivity index (χ1v) is 8.78. The lowest BCUT2D eigenvalue weighted by molar-refractivity contribution is 0.373. The maximum atomic E-state index is 10.1. The molecule has 2 aromatic carbocycles. The van der Waals surface area contributed by atoms with Gasteiger partial charge in [-0.1, -0.05) is 49.6 Å². The van der Waals surface area contributed by atoms with Gasteiger partial charge in [-0.15, -0.1) is 0 Å². The molecule has 23 heavy (non-hydrogen) atoms. The highest BCUT2D eigenvalue weighted by atomic mass is 16.3. The van der Waals surface area contributed by atoms with Crippen molar-refractivity contribution >= 4 is 17.0 Å². The molecule has 0 aromatic heterocycles. The third kappa shape index (κ3) is 4.32. The van der Waals surface area contributed by atoms with Gasteiger partial charge < -0.3 is 10.4 Å². The number of rotatable bonds is 6. The van der Waals surface area contributed by atoms with Crippen LogP contribution in [0.5, 0.6) is 5.75 Å². The van der Waals surface area contributed by atoms with Crippen LogP contribution in [0.4, 0.5) is 0 Å². The van der Waals surface area contributed by atoms with Crippen molar-refractivity contribution in [3.8, 4) is 5.75 Å². The average Bonchev–Trinajstić information content (AvgIpc) is 2.60. The van der Waals surface area contributed by atoms with E-state index >= 15 is 0 Å². The highest BCUT2D eigenvalue weighted by Crippen LogP contribution is 2.25. The van der Waals surface area contributed by atoms with Crippen LogP contribution in [0, 0.1) is 0 Å². The Bertz CT molecular complexity index is 660. The highest BCUT2D eigenvalue weighted by Gasteiger charge is 2.11. The van der Waals surface area contributed by atoms with Crippen LogP contribution in [0.1, 0.15) is 44.1 Å². The maximum absolute atomic E-state index is 10.1. The summed E-state index contributed by atoms with van der Waals surface area (Å²) in [5.74, 6) is 0.299. The van der Waals surface area contributed by atoms with Crippen molar-refractivity contribution in [2.45, 2.75) is 44.6 Å². The first-order chi connectivity index (χ1) is 11.3. The van der Waals surface area contributed by atoms with Crippen molar-refractivity contribution in [3.63, 3.8) is 0 Å². The number of phenolic OH excluding ortho intramolecular Hbond substituents is 1. The normalized spacial score (nSPS) is 16.3. The number of aromatic hydroxyl groups is 1. The summed E-state index contributed by atoms with van der Waals surface area (Å²) in [5.41, 5.74) is 0.823. The van der Waals surface area contributed by atoms with E-state index in [0.717, 1.165) is 41.9 Å². The quantitative estimate of drug-likeness (QED) is 0.618. The highest BCUT2D eigenvalue weighted by molar-refractivity contribution is 6.02. The van der Waals surface area contributed by atoms with Crippen molar-refractivity contribution in [2.24, 2.45) is 4.99 Å². The molecule has 0 aliphatic heterocycles. The van der Waals surface area contributed by atoms with Crippen LogP contribution in [0.2, 0.25) is 0 Å². The van der Waals surface area contributed by atoms with Crippen LogP contribution in [0.15, 0.2) is 41.4 Å². The van der Waals surface area contributed by atoms with Crippen LogP contribution in [-0.4, -0.2) is 30.5 Å². The Hall–Kier alpha value is -1.87. The summed E-state index contributed by atoms with van der Waals surface area (Å²) in [4.78, 5) is 4.51. The van der Waals surface area contributed by atoms with E-state index in [0.29, 0.717) is 5.75 Å². The molecule has 2 aromatic rings. The molecule has 2 N–H and O–H groups in total. The molecule has 0 spiro atoms. The minimum atomic E-state index is 0.299. The second kappa shape index (κ2) is 8.11. The fourth-order valence-corrected chi connectivity index (χ4v) is 3.36. The Kier molecular flexibility index (Phi) is 5.65. The van der Waals surface area contributed by atoms with E-state index in [9.17, 15) is 5.11 Å². The van der Waals surface area contributed by atoms with E-state index in [1.54, 1.807) is 6.07 Å². The Morgan fingerprint density at radius 1 is 1.09 bits per heavy atom. The average molecular weight is 310 g/mol. The molecular formula is C20H26N2O. The molecule has 3 heteroatoms. The lowest BCUT2D eigenvalue weighted by Gasteiger charge is -2.22. The van der Waals surface area contributed by atoms with E-state index < -0.39 is 0 Å². The van der Waals surface area contributed by atoms with E-state index in [-0.39, 0.29) is 0 Å². The standard InChI is InChI=1S/C20H26N2O/c23-20-12-11-16-7-4-5-10-18(16)19(20)15-21-13-6-14-22-17-8-2-1-3-9-17/h4-5,7,10-12,15,17,22-23H,1-3,6,8-9,13-14H2. The van der Waals surface area contributed by atoms with Gasteiger partial charge in [0.05, 0.1) is 0 Å². The van der Waals surface area contributed by atoms with E-state index in [1.807, 2.05) is 30.5 Å². The lowest BCUT2D eigenvalue weighted by atomic mass is 9.95. The topological polar surface area (TPSA) is 44.6 Å². The zero-order valence-corrected chi connectivity index (χ0v) is 13.7. The van der Waals surface area contributed by atoms with Gasteiger partial charge in [-0.3, -0.25) is 4.99 Å². The molecule has 3 rings (SSSR count). The van der Waals surface area contributed by atoms with Gasteiger partial charge in [0.25, 0.3) is 0 Å². The molecule has 0 bridgehead atoms. The molecule has 0 unspecified atom stereocenters. The van der Waals surface area contributed by atoms with E-state index in [4.69, 9.17) is 0 Å². The first kappa shape index (κ1) is 16.0. The fourth-order valence-electron chi connectivity index (χ4n) is 3.36. The molecule has 0 radical (unpaired) electrons. The summed E-state index contributed by atoms with van der Waals surface area (Å²) in [6.45, 7) is 1.83.